The van der Waals surface area contributed by atoms with Gasteiger partial charge >= 0.3 is 0 Å². The summed E-state index contributed by atoms with van der Waals surface area (Å²) in [5, 5.41) is 3.46. The molecule has 0 unspecified atom stereocenters. The van der Waals surface area contributed by atoms with Crippen molar-refractivity contribution in [1.29, 1.82) is 0 Å². The van der Waals surface area contributed by atoms with E-state index in [4.69, 9.17) is 9.47 Å². The number of rotatable bonds is 8. The van der Waals surface area contributed by atoms with Crippen molar-refractivity contribution in [2.24, 2.45) is 0 Å². The van der Waals surface area contributed by atoms with Crippen molar-refractivity contribution in [2.75, 3.05) is 0 Å². The van der Waals surface area contributed by atoms with Crippen molar-refractivity contribution in [3.05, 3.63) is 59.7 Å². The van der Waals surface area contributed by atoms with Gasteiger partial charge in [0.15, 0.2) is 0 Å². The fourth-order valence-electron chi connectivity index (χ4n) is 2.27. The van der Waals surface area contributed by atoms with Crippen molar-refractivity contribution < 1.29 is 9.47 Å². The standard InChI is InChI=1S/C20H27NO2/c1-15(2)22-19-9-5-17(6-10-19)13-21-14-18-7-11-20(12-8-18)23-16(3)4/h5-12,15-16,21H,13-14H2,1-4H3. The Balaban J connectivity index is 1.78. The van der Waals surface area contributed by atoms with Crippen molar-refractivity contribution >= 4 is 0 Å². The van der Waals surface area contributed by atoms with Crippen molar-refractivity contribution in [3.8, 4) is 11.5 Å². The molecule has 0 saturated heterocycles. The second-order valence-corrected chi connectivity index (χ2v) is 6.22. The Hall–Kier alpha value is -2.00. The molecule has 124 valence electrons. The maximum absolute atomic E-state index is 5.65. The highest BCUT2D eigenvalue weighted by atomic mass is 16.5. The summed E-state index contributed by atoms with van der Waals surface area (Å²) in [5.74, 6) is 1.84. The van der Waals surface area contributed by atoms with E-state index in [-0.39, 0.29) is 12.2 Å². The molecule has 0 heterocycles. The fourth-order valence-corrected chi connectivity index (χ4v) is 2.27. The Morgan fingerprint density at radius 1 is 0.652 bits per heavy atom. The lowest BCUT2D eigenvalue weighted by Gasteiger charge is -2.11. The van der Waals surface area contributed by atoms with E-state index in [9.17, 15) is 0 Å². The van der Waals surface area contributed by atoms with E-state index < -0.39 is 0 Å². The SMILES string of the molecule is CC(C)Oc1ccc(CNCc2ccc(OC(C)C)cc2)cc1. The van der Waals surface area contributed by atoms with Gasteiger partial charge in [-0.2, -0.15) is 0 Å². The maximum atomic E-state index is 5.65. The number of hydrogen-bond acceptors (Lipinski definition) is 3. The minimum Gasteiger partial charge on any atom is -0.491 e. The molecule has 0 bridgehead atoms. The van der Waals surface area contributed by atoms with Gasteiger partial charge in [-0.05, 0) is 63.1 Å². The summed E-state index contributed by atoms with van der Waals surface area (Å²) >= 11 is 0. The number of benzene rings is 2. The normalized spacial score (nSPS) is 11.0. The zero-order chi connectivity index (χ0) is 16.7. The lowest BCUT2D eigenvalue weighted by atomic mass is 10.2. The zero-order valence-corrected chi connectivity index (χ0v) is 14.5. The van der Waals surface area contributed by atoms with Gasteiger partial charge in [0.2, 0.25) is 0 Å². The molecule has 0 atom stereocenters. The highest BCUT2D eigenvalue weighted by Crippen LogP contribution is 2.15. The van der Waals surface area contributed by atoms with Gasteiger partial charge in [-0.1, -0.05) is 24.3 Å². The van der Waals surface area contributed by atoms with Crippen molar-refractivity contribution in [2.45, 2.75) is 53.0 Å². The molecule has 3 nitrogen and oxygen atoms in total. The minimum absolute atomic E-state index is 0.210. The molecule has 23 heavy (non-hydrogen) atoms. The summed E-state index contributed by atoms with van der Waals surface area (Å²) in [6, 6.07) is 16.5. The van der Waals surface area contributed by atoms with Crippen LogP contribution in [-0.2, 0) is 13.1 Å². The molecule has 0 aliphatic heterocycles. The molecule has 1 N–H and O–H groups in total. The first-order chi connectivity index (χ1) is 11.0. The van der Waals surface area contributed by atoms with Crippen LogP contribution in [0.3, 0.4) is 0 Å². The van der Waals surface area contributed by atoms with Gasteiger partial charge in [0.25, 0.3) is 0 Å². The second kappa shape index (κ2) is 8.59. The van der Waals surface area contributed by atoms with Crippen LogP contribution in [0.15, 0.2) is 48.5 Å². The zero-order valence-electron chi connectivity index (χ0n) is 14.5. The summed E-state index contributed by atoms with van der Waals surface area (Å²) in [6.07, 6.45) is 0.420. The largest absolute Gasteiger partial charge is 0.491 e. The van der Waals surface area contributed by atoms with Gasteiger partial charge in [-0.3, -0.25) is 0 Å². The predicted molar refractivity (Wildman–Crippen MR) is 95.0 cm³/mol. The molecular weight excluding hydrogens is 286 g/mol. The molecule has 3 heteroatoms. The van der Waals surface area contributed by atoms with Gasteiger partial charge < -0.3 is 14.8 Å². The lowest BCUT2D eigenvalue weighted by Crippen LogP contribution is -2.13. The summed E-state index contributed by atoms with van der Waals surface area (Å²) in [7, 11) is 0. The number of nitrogens with one attached hydrogen (secondary N) is 1. The molecule has 2 rings (SSSR count). The summed E-state index contributed by atoms with van der Waals surface area (Å²) in [4.78, 5) is 0. The van der Waals surface area contributed by atoms with Crippen LogP contribution in [-0.4, -0.2) is 12.2 Å². The molecule has 0 aliphatic rings. The Morgan fingerprint density at radius 3 is 1.30 bits per heavy atom. The summed E-state index contributed by atoms with van der Waals surface area (Å²) in [5.41, 5.74) is 2.50. The second-order valence-electron chi connectivity index (χ2n) is 6.22. The van der Waals surface area contributed by atoms with E-state index in [0.29, 0.717) is 0 Å². The topological polar surface area (TPSA) is 30.5 Å². The van der Waals surface area contributed by atoms with Gasteiger partial charge in [0.05, 0.1) is 12.2 Å². The summed E-state index contributed by atoms with van der Waals surface area (Å²) in [6.45, 7) is 9.82. The molecule has 0 aliphatic carbocycles. The first-order valence-electron chi connectivity index (χ1n) is 8.25. The highest BCUT2D eigenvalue weighted by Gasteiger charge is 2.00. The summed E-state index contributed by atoms with van der Waals surface area (Å²) < 4.78 is 11.3. The predicted octanol–water partition coefficient (Wildman–Crippen LogP) is 4.55. The Kier molecular flexibility index (Phi) is 6.48. The fraction of sp³-hybridized carbons (Fsp3) is 0.400. The third kappa shape index (κ3) is 6.33. The van der Waals surface area contributed by atoms with Gasteiger partial charge in [0, 0.05) is 13.1 Å². The molecular formula is C20H27NO2. The molecule has 2 aromatic rings. The van der Waals surface area contributed by atoms with E-state index in [2.05, 4.69) is 29.6 Å². The van der Waals surface area contributed by atoms with Crippen LogP contribution in [0.1, 0.15) is 38.8 Å². The Labute approximate surface area is 139 Å². The lowest BCUT2D eigenvalue weighted by molar-refractivity contribution is 0.242. The molecule has 0 spiro atoms. The highest BCUT2D eigenvalue weighted by molar-refractivity contribution is 5.28. The van der Waals surface area contributed by atoms with Gasteiger partial charge in [0.1, 0.15) is 11.5 Å². The third-order valence-corrected chi connectivity index (χ3v) is 3.25. The third-order valence-electron chi connectivity index (χ3n) is 3.25. The van der Waals surface area contributed by atoms with Crippen LogP contribution < -0.4 is 14.8 Å². The van der Waals surface area contributed by atoms with Crippen LogP contribution >= 0.6 is 0 Å². The molecule has 0 aromatic heterocycles. The van der Waals surface area contributed by atoms with Crippen LogP contribution in [0.2, 0.25) is 0 Å². The van der Waals surface area contributed by atoms with E-state index in [1.165, 1.54) is 11.1 Å². The smallest absolute Gasteiger partial charge is 0.119 e. The van der Waals surface area contributed by atoms with Crippen molar-refractivity contribution in [3.63, 3.8) is 0 Å². The van der Waals surface area contributed by atoms with E-state index >= 15 is 0 Å². The van der Waals surface area contributed by atoms with Gasteiger partial charge in [-0.15, -0.1) is 0 Å². The Bertz CT molecular complexity index is 520. The first-order valence-corrected chi connectivity index (χ1v) is 8.25. The van der Waals surface area contributed by atoms with E-state index in [1.807, 2.05) is 52.0 Å². The molecule has 0 radical (unpaired) electrons. The van der Waals surface area contributed by atoms with E-state index in [0.717, 1.165) is 24.6 Å². The van der Waals surface area contributed by atoms with E-state index in [1.54, 1.807) is 0 Å². The Morgan fingerprint density at radius 2 is 1.00 bits per heavy atom. The molecule has 0 fully saturated rings. The molecule has 0 amide bonds. The van der Waals surface area contributed by atoms with Crippen molar-refractivity contribution in [1.82, 2.24) is 5.32 Å². The first kappa shape index (κ1) is 17.4. The number of ether oxygens (including phenoxy) is 2. The maximum Gasteiger partial charge on any atom is 0.119 e. The van der Waals surface area contributed by atoms with Crippen LogP contribution in [0, 0.1) is 0 Å². The van der Waals surface area contributed by atoms with Crippen LogP contribution in [0.5, 0.6) is 11.5 Å². The molecule has 2 aromatic carbocycles. The quantitative estimate of drug-likeness (QED) is 0.775. The minimum atomic E-state index is 0.210. The van der Waals surface area contributed by atoms with Crippen LogP contribution in [0.25, 0.3) is 0 Å². The monoisotopic (exact) mass is 313 g/mol. The van der Waals surface area contributed by atoms with Gasteiger partial charge in [-0.25, -0.2) is 0 Å². The average Bonchev–Trinajstić information content (AvgIpc) is 2.50. The van der Waals surface area contributed by atoms with Crippen LogP contribution in [0.4, 0.5) is 0 Å². The molecule has 0 saturated carbocycles. The average molecular weight is 313 g/mol. The number of hydrogen-bond donors (Lipinski definition) is 1.